The molecular formula is C23H20F2N2O3. The summed E-state index contributed by atoms with van der Waals surface area (Å²) in [6.07, 6.45) is 3.84. The SMILES string of the molecule is CCc1cc(F)cc(F)c1.O=C1C=CC2NC1C1C(=O)N(c3ccccc3)C(=O)C21. The number of ketones is 1. The predicted octanol–water partition coefficient (Wildman–Crippen LogP) is 2.80. The van der Waals surface area contributed by atoms with Gasteiger partial charge in [-0.2, -0.15) is 0 Å². The molecule has 2 fully saturated rings. The van der Waals surface area contributed by atoms with E-state index in [-0.39, 0.29) is 23.6 Å². The number of carbonyl (C=O) groups excluding carboxylic acids is 3. The van der Waals surface area contributed by atoms with Crippen molar-refractivity contribution in [2.24, 2.45) is 11.8 Å². The molecule has 2 amide bonds. The Bertz CT molecular complexity index is 1020. The third kappa shape index (κ3) is 3.45. The molecule has 3 heterocycles. The second-order valence-electron chi connectivity index (χ2n) is 7.46. The molecule has 0 spiro atoms. The maximum Gasteiger partial charge on any atom is 0.239 e. The fraction of sp³-hybridized carbons (Fsp3) is 0.261. The van der Waals surface area contributed by atoms with E-state index in [1.54, 1.807) is 30.3 Å². The quantitative estimate of drug-likeness (QED) is 0.774. The van der Waals surface area contributed by atoms with Crippen LogP contribution in [0.1, 0.15) is 12.5 Å². The maximum absolute atomic E-state index is 12.6. The molecule has 4 atom stereocenters. The molecule has 3 aliphatic rings. The van der Waals surface area contributed by atoms with E-state index in [0.717, 1.165) is 6.07 Å². The highest BCUT2D eigenvalue weighted by molar-refractivity contribution is 6.24. The Labute approximate surface area is 172 Å². The number of nitrogens with zero attached hydrogens (tertiary/aromatic N) is 1. The number of para-hydroxylation sites is 1. The summed E-state index contributed by atoms with van der Waals surface area (Å²) in [5, 5.41) is 3.07. The summed E-state index contributed by atoms with van der Waals surface area (Å²) in [6, 6.07) is 11.6. The first-order valence-corrected chi connectivity index (χ1v) is 9.76. The second-order valence-corrected chi connectivity index (χ2v) is 7.46. The summed E-state index contributed by atoms with van der Waals surface area (Å²) in [4.78, 5) is 38.2. The van der Waals surface area contributed by atoms with Crippen LogP contribution in [0, 0.1) is 23.5 Å². The van der Waals surface area contributed by atoms with Crippen LogP contribution in [0.5, 0.6) is 0 Å². The minimum Gasteiger partial charge on any atom is -0.299 e. The van der Waals surface area contributed by atoms with Crippen molar-refractivity contribution in [2.45, 2.75) is 25.4 Å². The largest absolute Gasteiger partial charge is 0.299 e. The standard InChI is InChI=1S/C15H12N2O3.C8H8F2/c18-10-7-6-9-11-12(13(10)16-9)15(20)17(14(11)19)8-4-2-1-3-5-8;1-2-6-3-7(9)5-8(10)4-6/h1-7,9,11-13,16H;3-5H,2H2,1H3. The summed E-state index contributed by atoms with van der Waals surface area (Å²) in [5.41, 5.74) is 1.27. The van der Waals surface area contributed by atoms with Crippen LogP contribution in [0.25, 0.3) is 0 Å². The molecule has 2 saturated heterocycles. The number of hydrogen-bond donors (Lipinski definition) is 1. The summed E-state index contributed by atoms with van der Waals surface area (Å²) in [6.45, 7) is 1.86. The van der Waals surface area contributed by atoms with E-state index >= 15 is 0 Å². The van der Waals surface area contributed by atoms with E-state index < -0.39 is 29.5 Å². The Hall–Kier alpha value is -3.19. The number of aryl methyl sites for hydroxylation is 1. The maximum atomic E-state index is 12.6. The van der Waals surface area contributed by atoms with Gasteiger partial charge in [-0.25, -0.2) is 13.7 Å². The van der Waals surface area contributed by atoms with E-state index in [1.165, 1.54) is 23.1 Å². The molecule has 1 N–H and O–H groups in total. The molecule has 0 aromatic heterocycles. The van der Waals surface area contributed by atoms with Gasteiger partial charge in [0.1, 0.15) is 11.6 Å². The lowest BCUT2D eigenvalue weighted by Crippen LogP contribution is -2.46. The molecule has 5 rings (SSSR count). The van der Waals surface area contributed by atoms with Crippen molar-refractivity contribution in [2.75, 3.05) is 4.90 Å². The molecule has 2 aromatic carbocycles. The first-order valence-electron chi connectivity index (χ1n) is 9.76. The van der Waals surface area contributed by atoms with Crippen molar-refractivity contribution >= 4 is 23.3 Å². The highest BCUT2D eigenvalue weighted by Crippen LogP contribution is 2.41. The number of anilines is 1. The molecule has 3 aliphatic heterocycles. The van der Waals surface area contributed by atoms with Crippen molar-refractivity contribution in [3.63, 3.8) is 0 Å². The van der Waals surface area contributed by atoms with Gasteiger partial charge in [-0.1, -0.05) is 31.2 Å². The Kier molecular flexibility index (Phi) is 5.30. The van der Waals surface area contributed by atoms with Crippen molar-refractivity contribution in [3.8, 4) is 0 Å². The van der Waals surface area contributed by atoms with Crippen LogP contribution in [-0.2, 0) is 20.8 Å². The van der Waals surface area contributed by atoms with Gasteiger partial charge in [0.05, 0.1) is 23.6 Å². The van der Waals surface area contributed by atoms with Gasteiger partial charge in [0, 0.05) is 12.1 Å². The molecule has 4 unspecified atom stereocenters. The van der Waals surface area contributed by atoms with Crippen LogP contribution >= 0.6 is 0 Å². The van der Waals surface area contributed by atoms with Gasteiger partial charge in [-0.3, -0.25) is 19.7 Å². The van der Waals surface area contributed by atoms with Gasteiger partial charge in [0.2, 0.25) is 11.8 Å². The van der Waals surface area contributed by atoms with E-state index in [1.807, 2.05) is 13.0 Å². The van der Waals surface area contributed by atoms with Crippen LogP contribution in [0.3, 0.4) is 0 Å². The molecule has 7 heteroatoms. The first-order chi connectivity index (χ1) is 14.4. The number of carbonyl (C=O) groups is 3. The fourth-order valence-corrected chi connectivity index (χ4v) is 4.24. The smallest absolute Gasteiger partial charge is 0.239 e. The predicted molar refractivity (Wildman–Crippen MR) is 107 cm³/mol. The van der Waals surface area contributed by atoms with E-state index in [9.17, 15) is 23.2 Å². The number of amides is 2. The summed E-state index contributed by atoms with van der Waals surface area (Å²) in [5.74, 6) is -2.65. The van der Waals surface area contributed by atoms with E-state index in [4.69, 9.17) is 0 Å². The zero-order chi connectivity index (χ0) is 21.4. The highest BCUT2D eigenvalue weighted by Gasteiger charge is 2.60. The zero-order valence-corrected chi connectivity index (χ0v) is 16.2. The lowest BCUT2D eigenvalue weighted by Gasteiger charge is -2.22. The zero-order valence-electron chi connectivity index (χ0n) is 16.2. The fourth-order valence-electron chi connectivity index (χ4n) is 4.24. The normalized spacial score (nSPS) is 26.5. The van der Waals surface area contributed by atoms with Gasteiger partial charge in [-0.05, 0) is 42.3 Å². The monoisotopic (exact) mass is 410 g/mol. The molecule has 2 aromatic rings. The number of rotatable bonds is 2. The van der Waals surface area contributed by atoms with Gasteiger partial charge >= 0.3 is 0 Å². The van der Waals surface area contributed by atoms with Crippen molar-refractivity contribution in [1.82, 2.24) is 5.32 Å². The van der Waals surface area contributed by atoms with Crippen LogP contribution in [-0.4, -0.2) is 29.7 Å². The number of nitrogens with one attached hydrogen (secondary N) is 1. The van der Waals surface area contributed by atoms with Gasteiger partial charge < -0.3 is 0 Å². The average molecular weight is 410 g/mol. The van der Waals surface area contributed by atoms with Crippen LogP contribution in [0.4, 0.5) is 14.5 Å². The van der Waals surface area contributed by atoms with Crippen LogP contribution < -0.4 is 10.2 Å². The van der Waals surface area contributed by atoms with Crippen molar-refractivity contribution in [3.05, 3.63) is 77.9 Å². The van der Waals surface area contributed by atoms with E-state index in [2.05, 4.69) is 5.32 Å². The second kappa shape index (κ2) is 7.91. The summed E-state index contributed by atoms with van der Waals surface area (Å²) >= 11 is 0. The lowest BCUT2D eigenvalue weighted by molar-refractivity contribution is -0.126. The van der Waals surface area contributed by atoms with Crippen LogP contribution in [0.15, 0.2) is 60.7 Å². The third-order valence-electron chi connectivity index (χ3n) is 5.64. The molecule has 2 bridgehead atoms. The minimum atomic E-state index is -0.574. The molecule has 0 saturated carbocycles. The molecule has 5 nitrogen and oxygen atoms in total. The van der Waals surface area contributed by atoms with Gasteiger partial charge in [-0.15, -0.1) is 0 Å². The number of imide groups is 1. The topological polar surface area (TPSA) is 66.5 Å². The number of hydrogen-bond acceptors (Lipinski definition) is 4. The third-order valence-corrected chi connectivity index (χ3v) is 5.64. The molecule has 0 radical (unpaired) electrons. The van der Waals surface area contributed by atoms with Crippen LogP contribution in [0.2, 0.25) is 0 Å². The lowest BCUT2D eigenvalue weighted by atomic mass is 9.90. The highest BCUT2D eigenvalue weighted by atomic mass is 19.1. The molecule has 0 aliphatic carbocycles. The number of benzene rings is 2. The average Bonchev–Trinajstić information content (AvgIpc) is 3.19. The molecule has 154 valence electrons. The number of halogens is 2. The molecule has 30 heavy (non-hydrogen) atoms. The summed E-state index contributed by atoms with van der Waals surface area (Å²) in [7, 11) is 0. The van der Waals surface area contributed by atoms with Crippen molar-refractivity contribution in [1.29, 1.82) is 0 Å². The first kappa shape index (κ1) is 20.1. The van der Waals surface area contributed by atoms with Gasteiger partial charge in [0.25, 0.3) is 0 Å². The van der Waals surface area contributed by atoms with Crippen molar-refractivity contribution < 1.29 is 23.2 Å². The Morgan fingerprint density at radius 1 is 0.933 bits per heavy atom. The summed E-state index contributed by atoms with van der Waals surface area (Å²) < 4.78 is 24.8. The number of fused-ring (bicyclic) bond motifs is 5. The Morgan fingerprint density at radius 3 is 2.20 bits per heavy atom. The minimum absolute atomic E-state index is 0.121. The Balaban J connectivity index is 0.000000185. The van der Waals surface area contributed by atoms with E-state index in [0.29, 0.717) is 17.7 Å². The Morgan fingerprint density at radius 2 is 1.57 bits per heavy atom. The molecular weight excluding hydrogens is 390 g/mol. The van der Waals surface area contributed by atoms with Gasteiger partial charge in [0.15, 0.2) is 5.78 Å².